The van der Waals surface area contributed by atoms with Crippen molar-refractivity contribution in [1.82, 2.24) is 40.1 Å². The average Bonchev–Trinajstić information content (AvgIpc) is 3.61. The Hall–Kier alpha value is -3.67. The number of rotatable bonds is 7. The Morgan fingerprint density at radius 2 is 1.90 bits per heavy atom. The van der Waals surface area contributed by atoms with E-state index in [2.05, 4.69) is 15.7 Å². The first-order valence-corrected chi connectivity index (χ1v) is 15.1. The molecule has 1 aromatic carbocycles. The molecule has 0 aliphatic carbocycles. The zero-order valence-electron chi connectivity index (χ0n) is 23.3. The number of amides is 3. The lowest BCUT2D eigenvalue weighted by atomic mass is 10.0. The highest BCUT2D eigenvalue weighted by atomic mass is 32.2. The van der Waals surface area contributed by atoms with E-state index in [1.54, 1.807) is 39.8 Å². The molecule has 0 saturated carbocycles. The van der Waals surface area contributed by atoms with Crippen LogP contribution >= 0.6 is 11.8 Å². The second kappa shape index (κ2) is 14.1. The molecule has 4 rings (SSSR count). The van der Waals surface area contributed by atoms with E-state index in [4.69, 9.17) is 10.1 Å². The van der Waals surface area contributed by atoms with Gasteiger partial charge < -0.3 is 15.5 Å². The zero-order valence-corrected chi connectivity index (χ0v) is 24.1. The number of fused-ring (bicyclic) bond motifs is 1. The maximum absolute atomic E-state index is 13.5. The summed E-state index contributed by atoms with van der Waals surface area (Å²) in [4.78, 5) is 46.2. The number of aromatic nitrogens is 5. The molecule has 12 heteroatoms. The topological polar surface area (TPSA) is 127 Å². The van der Waals surface area contributed by atoms with Crippen LogP contribution in [-0.2, 0) is 27.5 Å². The number of hydrogen-bond donors (Lipinski definition) is 2. The van der Waals surface area contributed by atoms with Gasteiger partial charge in [0.1, 0.15) is 12.6 Å². The summed E-state index contributed by atoms with van der Waals surface area (Å²) in [6, 6.07) is 10.4. The summed E-state index contributed by atoms with van der Waals surface area (Å²) < 4.78 is 3.40. The Bertz CT molecular complexity index is 1260. The molecule has 3 aromatic rings. The van der Waals surface area contributed by atoms with E-state index < -0.39 is 12.1 Å². The summed E-state index contributed by atoms with van der Waals surface area (Å²) >= 11 is 1.63. The molecule has 1 aliphatic heterocycles. The highest BCUT2D eigenvalue weighted by Gasteiger charge is 2.30. The van der Waals surface area contributed by atoms with Crippen molar-refractivity contribution in [3.05, 3.63) is 54.6 Å². The van der Waals surface area contributed by atoms with E-state index in [0.717, 1.165) is 11.3 Å². The van der Waals surface area contributed by atoms with E-state index in [1.165, 1.54) is 0 Å². The molecule has 2 aromatic heterocycles. The van der Waals surface area contributed by atoms with Crippen LogP contribution < -0.4 is 10.6 Å². The third-order valence-corrected chi connectivity index (χ3v) is 7.50. The molecule has 2 N–H and O–H groups in total. The molecule has 3 heterocycles. The van der Waals surface area contributed by atoms with E-state index in [9.17, 15) is 14.4 Å². The smallest absolute Gasteiger partial charge is 0.244 e. The summed E-state index contributed by atoms with van der Waals surface area (Å²) in [5.41, 5.74) is 0.867. The van der Waals surface area contributed by atoms with Gasteiger partial charge in [0, 0.05) is 37.5 Å². The normalized spacial score (nSPS) is 19.1. The molecule has 2 atom stereocenters. The Morgan fingerprint density at radius 1 is 1.10 bits per heavy atom. The van der Waals surface area contributed by atoms with Gasteiger partial charge in [-0.2, -0.15) is 22.0 Å². The molecule has 0 bridgehead atoms. The lowest BCUT2D eigenvalue weighted by molar-refractivity contribution is -0.133. The molecule has 40 heavy (non-hydrogen) atoms. The monoisotopic (exact) mass is 566 g/mol. The molecular weight excluding hydrogens is 528 g/mol. The number of hydrogen-bond acceptors (Lipinski definition) is 7. The van der Waals surface area contributed by atoms with Crippen molar-refractivity contribution in [3.8, 4) is 11.4 Å². The van der Waals surface area contributed by atoms with Crippen molar-refractivity contribution >= 4 is 29.5 Å². The Kier molecular flexibility index (Phi) is 10.3. The molecule has 0 unspecified atom stereocenters. The van der Waals surface area contributed by atoms with Gasteiger partial charge >= 0.3 is 0 Å². The van der Waals surface area contributed by atoms with Crippen LogP contribution in [0.5, 0.6) is 0 Å². The van der Waals surface area contributed by atoms with Crippen LogP contribution in [0.4, 0.5) is 0 Å². The molecule has 0 spiro atoms. The van der Waals surface area contributed by atoms with Crippen LogP contribution in [0.15, 0.2) is 48.8 Å². The number of carbonyl (C=O) groups excluding carboxylic acids is 3. The SMILES string of the molecule is CSCC[C@@H]1NC(=O)CCCN(C(=O)Cn2cccn2)CCn2nc(-c3ccccc3)nc2[C@@H](C(C)C)NC1=O. The van der Waals surface area contributed by atoms with Crippen LogP contribution in [0.3, 0.4) is 0 Å². The van der Waals surface area contributed by atoms with Gasteiger partial charge in [0.2, 0.25) is 17.7 Å². The van der Waals surface area contributed by atoms with Gasteiger partial charge in [0.25, 0.3) is 0 Å². The van der Waals surface area contributed by atoms with Crippen LogP contribution in [0, 0.1) is 5.92 Å². The predicted octanol–water partition coefficient (Wildman–Crippen LogP) is 2.52. The summed E-state index contributed by atoms with van der Waals surface area (Å²) in [5, 5.41) is 15.1. The number of carbonyl (C=O) groups is 3. The number of nitrogens with zero attached hydrogens (tertiary/aromatic N) is 6. The second-order valence-corrected chi connectivity index (χ2v) is 11.2. The fourth-order valence-electron chi connectivity index (χ4n) is 4.65. The van der Waals surface area contributed by atoms with Gasteiger partial charge in [-0.25, -0.2) is 9.67 Å². The standard InChI is InChI=1S/C28H38N8O3S/c1-20(2)25-27-32-26(21-9-5-4-6-10-21)33-36(27)17-16-34(24(38)19-35-15-8-13-29-35)14-7-11-23(37)30-22(12-18-40-3)28(39)31-25/h4-6,8-10,13,15,20,22,25H,7,11-12,14,16-19H2,1-3H3,(H,30,37)(H,31,39)/t22-,25+/m0/s1. The fourth-order valence-corrected chi connectivity index (χ4v) is 5.12. The largest absolute Gasteiger partial charge is 0.344 e. The second-order valence-electron chi connectivity index (χ2n) is 10.2. The van der Waals surface area contributed by atoms with Crippen molar-refractivity contribution < 1.29 is 14.4 Å². The number of thioether (sulfide) groups is 1. The van der Waals surface area contributed by atoms with Crippen LogP contribution in [-0.4, -0.2) is 78.3 Å². The molecule has 214 valence electrons. The third-order valence-electron chi connectivity index (χ3n) is 6.86. The summed E-state index contributed by atoms with van der Waals surface area (Å²) in [6.45, 7) is 5.32. The maximum Gasteiger partial charge on any atom is 0.244 e. The quantitative estimate of drug-likeness (QED) is 0.450. The summed E-state index contributed by atoms with van der Waals surface area (Å²) in [7, 11) is 0. The van der Waals surface area contributed by atoms with E-state index >= 15 is 0 Å². The highest BCUT2D eigenvalue weighted by Crippen LogP contribution is 2.24. The molecule has 3 amide bonds. The molecular formula is C28H38N8O3S. The lowest BCUT2D eigenvalue weighted by Crippen LogP contribution is -2.49. The molecule has 0 saturated heterocycles. The number of benzene rings is 1. The predicted molar refractivity (Wildman–Crippen MR) is 154 cm³/mol. The molecule has 0 fully saturated rings. The van der Waals surface area contributed by atoms with Gasteiger partial charge in [-0.15, -0.1) is 0 Å². The first-order chi connectivity index (χ1) is 19.4. The Labute approximate surface area is 239 Å². The maximum atomic E-state index is 13.5. The van der Waals surface area contributed by atoms with Crippen LogP contribution in [0.25, 0.3) is 11.4 Å². The lowest BCUT2D eigenvalue weighted by Gasteiger charge is -2.28. The van der Waals surface area contributed by atoms with E-state index in [-0.39, 0.29) is 36.6 Å². The summed E-state index contributed by atoms with van der Waals surface area (Å²) in [5.74, 6) is 1.38. The fraction of sp³-hybridized carbons (Fsp3) is 0.500. The zero-order chi connectivity index (χ0) is 28.5. The molecule has 1 aliphatic rings. The van der Waals surface area contributed by atoms with Gasteiger partial charge in [0.05, 0.1) is 12.6 Å². The van der Waals surface area contributed by atoms with E-state index in [1.807, 2.05) is 55.1 Å². The van der Waals surface area contributed by atoms with Crippen molar-refractivity contribution in [2.24, 2.45) is 5.92 Å². The van der Waals surface area contributed by atoms with Crippen LogP contribution in [0.2, 0.25) is 0 Å². The minimum Gasteiger partial charge on any atom is -0.344 e. The van der Waals surface area contributed by atoms with Gasteiger partial charge in [-0.3, -0.25) is 19.1 Å². The Balaban J connectivity index is 1.69. The molecule has 0 radical (unpaired) electrons. The molecule has 11 nitrogen and oxygen atoms in total. The van der Waals surface area contributed by atoms with Gasteiger partial charge in [0.15, 0.2) is 11.6 Å². The van der Waals surface area contributed by atoms with Crippen molar-refractivity contribution in [3.63, 3.8) is 0 Å². The Morgan fingerprint density at radius 3 is 2.60 bits per heavy atom. The highest BCUT2D eigenvalue weighted by molar-refractivity contribution is 7.98. The van der Waals surface area contributed by atoms with E-state index in [0.29, 0.717) is 44.1 Å². The van der Waals surface area contributed by atoms with Crippen LogP contribution in [0.1, 0.15) is 45.0 Å². The third kappa shape index (κ3) is 7.71. The van der Waals surface area contributed by atoms with Gasteiger partial charge in [-0.1, -0.05) is 44.2 Å². The minimum absolute atomic E-state index is 0.00196. The average molecular weight is 567 g/mol. The van der Waals surface area contributed by atoms with Crippen molar-refractivity contribution in [2.45, 2.75) is 58.3 Å². The van der Waals surface area contributed by atoms with Crippen molar-refractivity contribution in [1.29, 1.82) is 0 Å². The number of nitrogens with one attached hydrogen (secondary N) is 2. The van der Waals surface area contributed by atoms with Crippen molar-refractivity contribution in [2.75, 3.05) is 25.1 Å². The van der Waals surface area contributed by atoms with Gasteiger partial charge in [-0.05, 0) is 36.8 Å². The first kappa shape index (κ1) is 29.3. The summed E-state index contributed by atoms with van der Waals surface area (Å²) in [6.07, 6.45) is 6.57. The minimum atomic E-state index is -0.661. The first-order valence-electron chi connectivity index (χ1n) is 13.7.